The van der Waals surface area contributed by atoms with E-state index in [0.29, 0.717) is 0 Å². The van der Waals surface area contributed by atoms with Gasteiger partial charge in [0.25, 0.3) is 0 Å². The minimum atomic E-state index is -6.38. The van der Waals surface area contributed by atoms with Gasteiger partial charge in [0, 0.05) is 0 Å². The number of carbonyl (C=O) groups is 3. The van der Waals surface area contributed by atoms with Crippen molar-refractivity contribution in [1.82, 2.24) is 0 Å². The molecule has 4 fully saturated rings. The van der Waals surface area contributed by atoms with E-state index in [4.69, 9.17) is 0 Å². The number of hydrogen-bond donors (Lipinski definition) is 0. The maximum atomic E-state index is 14.3. The molecule has 0 atom stereocenters. The molecule has 34 heavy (non-hydrogen) atoms. The molecule has 12 heteroatoms. The third kappa shape index (κ3) is 4.73. The molecule has 0 radical (unpaired) electrons. The molecular formula is C22H28F6O6. The number of esters is 3. The Bertz CT molecular complexity index is 799. The van der Waals surface area contributed by atoms with E-state index in [9.17, 15) is 40.7 Å². The van der Waals surface area contributed by atoms with Crippen LogP contribution in [0.25, 0.3) is 0 Å². The van der Waals surface area contributed by atoms with Gasteiger partial charge in [-0.15, -0.1) is 0 Å². The van der Waals surface area contributed by atoms with Gasteiger partial charge in [0.2, 0.25) is 0 Å². The molecule has 0 aromatic heterocycles. The molecule has 6 nitrogen and oxygen atoms in total. The van der Waals surface area contributed by atoms with Gasteiger partial charge in [-0.2, -0.15) is 26.3 Å². The molecule has 4 rings (SSSR count). The zero-order chi connectivity index (χ0) is 25.7. The first-order valence-electron chi connectivity index (χ1n) is 11.1. The van der Waals surface area contributed by atoms with Crippen molar-refractivity contribution in [3.8, 4) is 0 Å². The van der Waals surface area contributed by atoms with Gasteiger partial charge in [0.1, 0.15) is 13.2 Å². The van der Waals surface area contributed by atoms with E-state index < -0.39 is 59.9 Å². The van der Waals surface area contributed by atoms with Gasteiger partial charge in [-0.3, -0.25) is 9.59 Å². The molecule has 4 aliphatic carbocycles. The predicted molar refractivity (Wildman–Crippen MR) is 103 cm³/mol. The van der Waals surface area contributed by atoms with Crippen LogP contribution < -0.4 is 0 Å². The number of halogens is 6. The highest BCUT2D eigenvalue weighted by atomic mass is 19.3. The van der Waals surface area contributed by atoms with Crippen molar-refractivity contribution < 1.29 is 54.9 Å². The highest BCUT2D eigenvalue weighted by Gasteiger charge is 2.79. The molecule has 4 bridgehead atoms. The molecule has 0 heterocycles. The lowest BCUT2D eigenvalue weighted by atomic mass is 9.49. The average molecular weight is 502 g/mol. The zero-order valence-corrected chi connectivity index (χ0v) is 19.1. The predicted octanol–water partition coefficient (Wildman–Crippen LogP) is 4.74. The number of hydrogen-bond acceptors (Lipinski definition) is 6. The van der Waals surface area contributed by atoms with Gasteiger partial charge in [0.15, 0.2) is 0 Å². The van der Waals surface area contributed by atoms with E-state index in [1.807, 2.05) is 0 Å². The van der Waals surface area contributed by atoms with Crippen molar-refractivity contribution in [3.63, 3.8) is 0 Å². The zero-order valence-electron chi connectivity index (χ0n) is 19.1. The van der Waals surface area contributed by atoms with Crippen LogP contribution in [0.2, 0.25) is 0 Å². The third-order valence-electron chi connectivity index (χ3n) is 6.87. The number of rotatable bonds is 8. The second-order valence-electron chi connectivity index (χ2n) is 10.8. The van der Waals surface area contributed by atoms with Crippen LogP contribution in [0.5, 0.6) is 0 Å². The Morgan fingerprint density at radius 2 is 1.18 bits per heavy atom. The van der Waals surface area contributed by atoms with Crippen LogP contribution in [-0.2, 0) is 28.6 Å². The van der Waals surface area contributed by atoms with E-state index in [2.05, 4.69) is 14.2 Å². The number of carbonyl (C=O) groups excluding carboxylic acids is 3. The maximum Gasteiger partial charge on any atom is 0.473 e. The smallest absolute Gasteiger partial charge is 0.462 e. The van der Waals surface area contributed by atoms with Crippen LogP contribution >= 0.6 is 0 Å². The molecule has 4 saturated carbocycles. The van der Waals surface area contributed by atoms with E-state index in [1.165, 1.54) is 20.8 Å². The molecule has 4 aliphatic rings. The van der Waals surface area contributed by atoms with Crippen LogP contribution in [0, 0.1) is 28.6 Å². The second-order valence-corrected chi connectivity index (χ2v) is 10.8. The first-order valence-corrected chi connectivity index (χ1v) is 11.1. The van der Waals surface area contributed by atoms with E-state index in [0.717, 1.165) is 19.3 Å². The third-order valence-corrected chi connectivity index (χ3v) is 6.87. The Labute approximate surface area is 192 Å². The van der Waals surface area contributed by atoms with Crippen LogP contribution in [-0.4, -0.2) is 49.1 Å². The fourth-order valence-electron chi connectivity index (χ4n) is 5.54. The highest BCUT2D eigenvalue weighted by molar-refractivity contribution is 5.80. The Morgan fingerprint density at radius 3 is 1.59 bits per heavy atom. The summed E-state index contributed by atoms with van der Waals surface area (Å²) < 4.78 is 97.4. The quantitative estimate of drug-likeness (QED) is 0.207. The number of ether oxygens (including phenoxy) is 3. The molecule has 194 valence electrons. The minimum absolute atomic E-state index is 0.0803. The summed E-state index contributed by atoms with van der Waals surface area (Å²) in [7, 11) is 0. The van der Waals surface area contributed by atoms with Gasteiger partial charge in [-0.1, -0.05) is 0 Å². The Hall–Kier alpha value is -2.01. The summed E-state index contributed by atoms with van der Waals surface area (Å²) in [5.41, 5.74) is -2.37. The molecule has 0 unspecified atom stereocenters. The SMILES string of the molecule is CC(C)(C)C(=O)OCCOC(=O)C(F)(F)C(F)(F)C(F)(F)OC(=O)C12CC3CC(CC(C3)C1)C2. The van der Waals surface area contributed by atoms with Gasteiger partial charge < -0.3 is 14.2 Å². The molecule has 0 spiro atoms. The normalized spacial score (nSPS) is 29.0. The summed E-state index contributed by atoms with van der Waals surface area (Å²) in [4.78, 5) is 35.7. The summed E-state index contributed by atoms with van der Waals surface area (Å²) in [5.74, 6) is -17.6. The summed E-state index contributed by atoms with van der Waals surface area (Å²) >= 11 is 0. The van der Waals surface area contributed by atoms with Crippen molar-refractivity contribution in [3.05, 3.63) is 0 Å². The summed E-state index contributed by atoms with van der Waals surface area (Å²) in [5, 5.41) is 0. The van der Waals surface area contributed by atoms with Crippen molar-refractivity contribution in [2.75, 3.05) is 13.2 Å². The topological polar surface area (TPSA) is 78.9 Å². The van der Waals surface area contributed by atoms with E-state index >= 15 is 0 Å². The second kappa shape index (κ2) is 8.58. The Kier molecular flexibility index (Phi) is 6.71. The fourth-order valence-corrected chi connectivity index (χ4v) is 5.54. The first kappa shape index (κ1) is 26.6. The van der Waals surface area contributed by atoms with E-state index in [-0.39, 0.29) is 37.0 Å². The monoisotopic (exact) mass is 502 g/mol. The van der Waals surface area contributed by atoms with Crippen LogP contribution in [0.3, 0.4) is 0 Å². The Morgan fingerprint density at radius 1 is 0.765 bits per heavy atom. The summed E-state index contributed by atoms with van der Waals surface area (Å²) in [6, 6.07) is 0. The molecular weight excluding hydrogens is 474 g/mol. The van der Waals surface area contributed by atoms with Crippen LogP contribution in [0.4, 0.5) is 26.3 Å². The van der Waals surface area contributed by atoms with Crippen molar-refractivity contribution >= 4 is 17.9 Å². The van der Waals surface area contributed by atoms with E-state index in [1.54, 1.807) is 0 Å². The fraction of sp³-hybridized carbons (Fsp3) is 0.864. The molecule has 0 N–H and O–H groups in total. The lowest BCUT2D eigenvalue weighted by molar-refractivity contribution is -0.382. The molecule has 0 saturated heterocycles. The van der Waals surface area contributed by atoms with Gasteiger partial charge in [-0.05, 0) is 77.0 Å². The Balaban J connectivity index is 1.62. The minimum Gasteiger partial charge on any atom is -0.462 e. The average Bonchev–Trinajstić information content (AvgIpc) is 2.68. The van der Waals surface area contributed by atoms with Crippen molar-refractivity contribution in [2.45, 2.75) is 77.2 Å². The van der Waals surface area contributed by atoms with Gasteiger partial charge in [0.05, 0.1) is 10.8 Å². The lowest BCUT2D eigenvalue weighted by Gasteiger charge is -2.55. The molecule has 0 aliphatic heterocycles. The number of alkyl halides is 6. The van der Waals surface area contributed by atoms with Crippen molar-refractivity contribution in [1.29, 1.82) is 0 Å². The van der Waals surface area contributed by atoms with Crippen LogP contribution in [0.15, 0.2) is 0 Å². The standard InChI is InChI=1S/C22H28F6O6/c1-18(2,3)15(29)32-4-5-33-17(31)20(23,24)21(25,26)22(27,28)34-16(30)19-9-12-6-13(10-19)8-14(7-12)11-19/h12-14H,4-11H2,1-3H3. The molecule has 0 aromatic rings. The molecule has 0 aromatic carbocycles. The highest BCUT2D eigenvalue weighted by Crippen LogP contribution is 2.61. The largest absolute Gasteiger partial charge is 0.473 e. The lowest BCUT2D eigenvalue weighted by Crippen LogP contribution is -2.61. The summed E-state index contributed by atoms with van der Waals surface area (Å²) in [6.07, 6.45) is -2.97. The van der Waals surface area contributed by atoms with Gasteiger partial charge in [-0.25, -0.2) is 4.79 Å². The first-order chi connectivity index (χ1) is 15.4. The van der Waals surface area contributed by atoms with Gasteiger partial charge >= 0.3 is 35.9 Å². The summed E-state index contributed by atoms with van der Waals surface area (Å²) in [6.45, 7) is 2.61. The maximum absolute atomic E-state index is 14.3. The van der Waals surface area contributed by atoms with Crippen LogP contribution in [0.1, 0.15) is 59.3 Å². The van der Waals surface area contributed by atoms with Crippen molar-refractivity contribution in [2.24, 2.45) is 28.6 Å². The molecule has 0 amide bonds.